The number of benzene rings is 4. The second kappa shape index (κ2) is 12.1. The molecule has 0 spiro atoms. The number of aromatic nitrogens is 2. The van der Waals surface area contributed by atoms with Gasteiger partial charge >= 0.3 is 5.97 Å². The lowest BCUT2D eigenvalue weighted by atomic mass is 10.2. The number of hydrogen-bond donors (Lipinski definition) is 1. The number of carbonyl (C=O) groups excluding carboxylic acids is 1. The van der Waals surface area contributed by atoms with Gasteiger partial charge in [-0.3, -0.25) is 0 Å². The Balaban J connectivity index is 0.000000175. The number of nitrogens with zero attached hydrogens (tertiary/aromatic N) is 2. The highest BCUT2D eigenvalue weighted by Gasteiger charge is 2.27. The molecule has 44 heavy (non-hydrogen) atoms. The summed E-state index contributed by atoms with van der Waals surface area (Å²) in [5.74, 6) is -0.696. The van der Waals surface area contributed by atoms with E-state index in [1.54, 1.807) is 72.8 Å². The minimum Gasteiger partial charge on any atom is -0.464 e. The predicted molar refractivity (Wildman–Crippen MR) is 169 cm³/mol. The van der Waals surface area contributed by atoms with Crippen LogP contribution in [0.1, 0.15) is 27.3 Å². The van der Waals surface area contributed by atoms with Gasteiger partial charge in [-0.05, 0) is 74.5 Å². The molecule has 6 rings (SSSR count). The highest BCUT2D eigenvalue weighted by molar-refractivity contribution is 7.90. The monoisotopic (exact) mass is 630 g/mol. The van der Waals surface area contributed by atoms with E-state index in [1.807, 2.05) is 32.0 Å². The molecule has 226 valence electrons. The van der Waals surface area contributed by atoms with Gasteiger partial charge in [0, 0.05) is 10.8 Å². The van der Waals surface area contributed by atoms with Gasteiger partial charge in [0.25, 0.3) is 20.0 Å². The number of aryl methyl sites for hydroxylation is 2. The Morgan fingerprint density at radius 3 is 1.59 bits per heavy atom. The minimum atomic E-state index is -3.91. The highest BCUT2D eigenvalue weighted by Crippen LogP contribution is 2.28. The molecule has 0 radical (unpaired) electrons. The molecule has 0 bridgehead atoms. The largest absolute Gasteiger partial charge is 0.464 e. The smallest absolute Gasteiger partial charge is 0.355 e. The standard InChI is InChI=1S/C17H15NO4S.C16H15NO3S/c1-12-8-9-15-13(10-12)11-16(17(19)22-2)18(15)23(20,21)14-6-4-3-5-7-14;1-12-7-8-16-13(9-12)10-14(11-18)17(16)21(19,20)15-5-3-2-4-6-15/h3-11H,1-2H3;2-10,18H,11H2,1H3. The van der Waals surface area contributed by atoms with E-state index in [4.69, 9.17) is 4.74 Å². The fraction of sp³-hybridized carbons (Fsp3) is 0.121. The summed E-state index contributed by atoms with van der Waals surface area (Å²) in [7, 11) is -6.40. The Bertz CT molecular complexity index is 2200. The first-order valence-corrected chi connectivity index (χ1v) is 16.4. The van der Waals surface area contributed by atoms with E-state index in [1.165, 1.54) is 29.3 Å². The zero-order chi connectivity index (χ0) is 31.6. The number of carbonyl (C=O) groups is 1. The Kier molecular flexibility index (Phi) is 8.46. The van der Waals surface area contributed by atoms with Crippen LogP contribution < -0.4 is 0 Å². The molecule has 1 N–H and O–H groups in total. The first-order chi connectivity index (χ1) is 21.0. The lowest BCUT2D eigenvalue weighted by Crippen LogP contribution is -2.19. The van der Waals surface area contributed by atoms with E-state index in [9.17, 15) is 26.7 Å². The second-order valence-corrected chi connectivity index (χ2v) is 13.7. The van der Waals surface area contributed by atoms with Crippen molar-refractivity contribution in [3.8, 4) is 0 Å². The van der Waals surface area contributed by atoms with Crippen molar-refractivity contribution in [3.63, 3.8) is 0 Å². The van der Waals surface area contributed by atoms with Crippen LogP contribution in [0.2, 0.25) is 0 Å². The number of esters is 1. The van der Waals surface area contributed by atoms with Crippen molar-refractivity contribution in [2.75, 3.05) is 7.11 Å². The topological polar surface area (TPSA) is 125 Å². The van der Waals surface area contributed by atoms with Crippen molar-refractivity contribution >= 4 is 47.8 Å². The van der Waals surface area contributed by atoms with Gasteiger partial charge < -0.3 is 9.84 Å². The van der Waals surface area contributed by atoms with E-state index in [0.29, 0.717) is 22.1 Å². The molecule has 0 saturated carbocycles. The van der Waals surface area contributed by atoms with Crippen LogP contribution >= 0.6 is 0 Å². The van der Waals surface area contributed by atoms with Crippen LogP contribution in [-0.4, -0.2) is 43.0 Å². The molecule has 0 aliphatic carbocycles. The van der Waals surface area contributed by atoms with Crippen molar-refractivity contribution in [1.29, 1.82) is 0 Å². The third kappa shape index (κ3) is 5.64. The molecule has 0 unspecified atom stereocenters. The van der Waals surface area contributed by atoms with Crippen LogP contribution in [0.4, 0.5) is 0 Å². The fourth-order valence-corrected chi connectivity index (χ4v) is 8.05. The average Bonchev–Trinajstić information content (AvgIpc) is 3.60. The Morgan fingerprint density at radius 1 is 0.659 bits per heavy atom. The number of aliphatic hydroxyl groups is 1. The molecular weight excluding hydrogens is 601 g/mol. The lowest BCUT2D eigenvalue weighted by molar-refractivity contribution is 0.0593. The summed E-state index contributed by atoms with van der Waals surface area (Å²) >= 11 is 0. The summed E-state index contributed by atoms with van der Waals surface area (Å²) < 4.78 is 58.6. The van der Waals surface area contributed by atoms with E-state index in [0.717, 1.165) is 20.5 Å². The Labute approximate surface area is 255 Å². The predicted octanol–water partition coefficient (Wildman–Crippen LogP) is 5.65. The SMILES string of the molecule is COC(=O)c1cc2cc(C)ccc2n1S(=O)(=O)c1ccccc1.Cc1ccc2c(c1)cc(CO)n2S(=O)(=O)c1ccccc1. The van der Waals surface area contributed by atoms with Crippen molar-refractivity contribution in [3.05, 3.63) is 132 Å². The molecular formula is C33H30N2O7S2. The number of rotatable bonds is 6. The Morgan fingerprint density at radius 2 is 1.11 bits per heavy atom. The zero-order valence-electron chi connectivity index (χ0n) is 24.2. The van der Waals surface area contributed by atoms with Crippen LogP contribution in [0.3, 0.4) is 0 Å². The molecule has 2 heterocycles. The summed E-state index contributed by atoms with van der Waals surface area (Å²) in [5.41, 5.74) is 3.38. The van der Waals surface area contributed by atoms with Gasteiger partial charge in [0.15, 0.2) is 0 Å². The molecule has 0 amide bonds. The third-order valence-corrected chi connectivity index (χ3v) is 10.5. The first kappa shape index (κ1) is 30.7. The van der Waals surface area contributed by atoms with Crippen LogP contribution in [0.5, 0.6) is 0 Å². The molecule has 0 saturated heterocycles. The molecule has 4 aromatic carbocycles. The van der Waals surface area contributed by atoms with Gasteiger partial charge in [-0.25, -0.2) is 29.6 Å². The third-order valence-electron chi connectivity index (χ3n) is 7.02. The van der Waals surface area contributed by atoms with E-state index in [-0.39, 0.29) is 22.1 Å². The summed E-state index contributed by atoms with van der Waals surface area (Å²) in [6.07, 6.45) is 0. The van der Waals surface area contributed by atoms with Gasteiger partial charge in [-0.2, -0.15) is 0 Å². The van der Waals surface area contributed by atoms with E-state index >= 15 is 0 Å². The van der Waals surface area contributed by atoms with E-state index in [2.05, 4.69) is 0 Å². The number of methoxy groups -OCH3 is 1. The molecule has 0 aliphatic heterocycles. The summed E-state index contributed by atoms with van der Waals surface area (Å²) in [6, 6.07) is 30.4. The van der Waals surface area contributed by atoms with Crippen LogP contribution in [-0.2, 0) is 31.4 Å². The zero-order valence-corrected chi connectivity index (χ0v) is 25.8. The van der Waals surface area contributed by atoms with Crippen molar-refractivity contribution in [2.24, 2.45) is 0 Å². The summed E-state index contributed by atoms with van der Waals surface area (Å²) in [6.45, 7) is 3.52. The molecule has 2 aromatic heterocycles. The fourth-order valence-electron chi connectivity index (χ4n) is 4.97. The van der Waals surface area contributed by atoms with Gasteiger partial charge in [-0.1, -0.05) is 59.7 Å². The number of aliphatic hydroxyl groups excluding tert-OH is 1. The van der Waals surface area contributed by atoms with Gasteiger partial charge in [0.1, 0.15) is 5.69 Å². The maximum atomic E-state index is 13.0. The van der Waals surface area contributed by atoms with Gasteiger partial charge in [-0.15, -0.1) is 0 Å². The molecule has 0 fully saturated rings. The average molecular weight is 631 g/mol. The second-order valence-electron chi connectivity index (χ2n) is 10.1. The molecule has 6 aromatic rings. The maximum Gasteiger partial charge on any atom is 0.355 e. The van der Waals surface area contributed by atoms with Gasteiger partial charge in [0.05, 0.1) is 40.2 Å². The number of fused-ring (bicyclic) bond motifs is 2. The van der Waals surface area contributed by atoms with Crippen molar-refractivity contribution < 1.29 is 31.5 Å². The van der Waals surface area contributed by atoms with Crippen LogP contribution in [0.15, 0.2) is 119 Å². The number of ether oxygens (including phenoxy) is 1. The molecule has 0 aliphatic rings. The molecule has 0 atom stereocenters. The summed E-state index contributed by atoms with van der Waals surface area (Å²) in [5, 5.41) is 11.0. The lowest BCUT2D eigenvalue weighted by Gasteiger charge is -2.11. The quantitative estimate of drug-likeness (QED) is 0.236. The van der Waals surface area contributed by atoms with Crippen molar-refractivity contribution in [2.45, 2.75) is 30.2 Å². The number of hydrogen-bond acceptors (Lipinski definition) is 7. The Hall–Kier alpha value is -4.71. The molecule has 11 heteroatoms. The van der Waals surface area contributed by atoms with Crippen LogP contribution in [0.25, 0.3) is 21.8 Å². The van der Waals surface area contributed by atoms with E-state index < -0.39 is 26.0 Å². The van der Waals surface area contributed by atoms with Crippen LogP contribution in [0, 0.1) is 13.8 Å². The maximum absolute atomic E-state index is 13.0. The summed E-state index contributed by atoms with van der Waals surface area (Å²) in [4.78, 5) is 12.4. The molecule has 9 nitrogen and oxygen atoms in total. The highest BCUT2D eigenvalue weighted by atomic mass is 32.2. The minimum absolute atomic E-state index is 0.0167. The van der Waals surface area contributed by atoms with Crippen molar-refractivity contribution in [1.82, 2.24) is 7.94 Å². The first-order valence-electron chi connectivity index (χ1n) is 13.5. The van der Waals surface area contributed by atoms with Gasteiger partial charge in [0.2, 0.25) is 0 Å². The normalized spacial score (nSPS) is 11.7.